The van der Waals surface area contributed by atoms with Crippen LogP contribution in [0.15, 0.2) is 23.2 Å². The second-order valence-corrected chi connectivity index (χ2v) is 18.3. The molecule has 188 valence electrons. The molecule has 10 heteroatoms. The van der Waals surface area contributed by atoms with Crippen LogP contribution in [0.1, 0.15) is 39.7 Å². The third-order valence-electron chi connectivity index (χ3n) is 6.00. The summed E-state index contributed by atoms with van der Waals surface area (Å²) in [7, 11) is -1.35. The van der Waals surface area contributed by atoms with Gasteiger partial charge in [0.25, 0.3) is 0 Å². The lowest BCUT2D eigenvalue weighted by molar-refractivity contribution is -0.108. The van der Waals surface area contributed by atoms with Crippen LogP contribution in [0.25, 0.3) is 0 Å². The normalized spacial score (nSPS) is 26.4. The van der Waals surface area contributed by atoms with E-state index in [0.29, 0.717) is 13.0 Å². The van der Waals surface area contributed by atoms with Crippen LogP contribution in [0.3, 0.4) is 0 Å². The minimum Gasteiger partial charge on any atom is -0.443 e. The molecule has 0 radical (unpaired) electrons. The lowest BCUT2D eigenvalue weighted by atomic mass is 9.86. The molecule has 0 aromatic heterocycles. The van der Waals surface area contributed by atoms with Gasteiger partial charge in [0.05, 0.1) is 10.3 Å². The van der Waals surface area contributed by atoms with Crippen LogP contribution in [0, 0.1) is 17.6 Å². The molecule has 34 heavy (non-hydrogen) atoms. The van der Waals surface area contributed by atoms with Crippen LogP contribution in [-0.2, 0) is 19.8 Å². The molecule has 0 spiro atoms. The number of amides is 1. The fourth-order valence-corrected chi connectivity index (χ4v) is 6.21. The van der Waals surface area contributed by atoms with Crippen LogP contribution in [0.4, 0.5) is 13.6 Å². The number of hydrogen-bond donors (Lipinski definition) is 0. The summed E-state index contributed by atoms with van der Waals surface area (Å²) in [5, 5.41) is 0.203. The van der Waals surface area contributed by atoms with Gasteiger partial charge >= 0.3 is 6.09 Å². The van der Waals surface area contributed by atoms with E-state index < -0.39 is 41.7 Å². The molecule has 1 aromatic rings. The van der Waals surface area contributed by atoms with Gasteiger partial charge in [-0.3, -0.25) is 4.99 Å². The fraction of sp³-hybridized carbons (Fsp3) is 0.625. The number of hydrogen-bond acceptors (Lipinski definition) is 6. The minimum absolute atomic E-state index is 0.0582. The van der Waals surface area contributed by atoms with E-state index in [2.05, 4.69) is 19.6 Å². The summed E-state index contributed by atoms with van der Waals surface area (Å²) < 4.78 is 39.5. The van der Waals surface area contributed by atoms with Crippen LogP contribution >= 0.6 is 11.8 Å². The molecule has 1 saturated carbocycles. The maximum absolute atomic E-state index is 14.9. The Kier molecular flexibility index (Phi) is 7.37. The molecule has 1 aliphatic heterocycles. The number of carbonyl (C=O) groups excluding carboxylic acids is 2. The molecule has 0 unspecified atom stereocenters. The molecule has 1 aliphatic carbocycles. The summed E-state index contributed by atoms with van der Waals surface area (Å²) in [6, 6.07) is 4.85. The van der Waals surface area contributed by atoms with E-state index in [1.165, 1.54) is 17.0 Å². The monoisotopic (exact) mass is 512 g/mol. The number of ether oxygens (including phenoxy) is 2. The van der Waals surface area contributed by atoms with Crippen molar-refractivity contribution in [3.05, 3.63) is 35.4 Å². The number of rotatable bonds is 7. The second-order valence-electron chi connectivity index (χ2n) is 11.3. The Morgan fingerprint density at radius 1 is 1.32 bits per heavy atom. The van der Waals surface area contributed by atoms with Crippen LogP contribution < -0.4 is 0 Å². The Morgan fingerprint density at radius 2 is 2.00 bits per heavy atom. The number of amidine groups is 1. The summed E-state index contributed by atoms with van der Waals surface area (Å²) in [5.74, 6) is -2.30. The predicted octanol–water partition coefficient (Wildman–Crippen LogP) is 5.79. The van der Waals surface area contributed by atoms with Crippen molar-refractivity contribution in [1.82, 2.24) is 4.90 Å². The second kappa shape index (κ2) is 9.35. The maximum atomic E-state index is 14.9. The van der Waals surface area contributed by atoms with Crippen molar-refractivity contribution in [1.29, 1.82) is 0 Å². The highest BCUT2D eigenvalue weighted by atomic mass is 32.2. The van der Waals surface area contributed by atoms with Gasteiger partial charge in [0.1, 0.15) is 18.6 Å². The van der Waals surface area contributed by atoms with E-state index in [4.69, 9.17) is 14.5 Å². The average Bonchev–Trinajstić information content (AvgIpc) is 3.44. The molecule has 3 rings (SSSR count). The molecule has 1 aromatic carbocycles. The standard InChI is InChI=1S/C24H34F2N2O4SSi/c1-22(2,3)32-21(30)28(15-31-11-12-34(5,6)7)20-27-23(4,18-13-24(18,14-29)33-20)16-9-8-10-17(25)19(16)26/h8-10,14,18H,11-13,15H2,1-7H3/t18-,23+,24+/m0/s1. The number of fused-ring (bicyclic) bond motifs is 1. The first-order valence-corrected chi connectivity index (χ1v) is 15.9. The van der Waals surface area contributed by atoms with Crippen LogP contribution in [0.2, 0.25) is 25.7 Å². The zero-order valence-corrected chi connectivity index (χ0v) is 22.7. The quantitative estimate of drug-likeness (QED) is 0.200. The smallest absolute Gasteiger partial charge is 0.418 e. The summed E-state index contributed by atoms with van der Waals surface area (Å²) in [5.41, 5.74) is -1.94. The van der Waals surface area contributed by atoms with Gasteiger partial charge in [-0.2, -0.15) is 0 Å². The van der Waals surface area contributed by atoms with E-state index in [-0.39, 0.29) is 23.4 Å². The molecule has 1 fully saturated rings. The minimum atomic E-state index is -1.35. The highest BCUT2D eigenvalue weighted by Crippen LogP contribution is 2.65. The van der Waals surface area contributed by atoms with Crippen molar-refractivity contribution in [2.24, 2.45) is 10.9 Å². The van der Waals surface area contributed by atoms with E-state index in [1.54, 1.807) is 27.7 Å². The van der Waals surface area contributed by atoms with Crippen molar-refractivity contribution >= 4 is 37.4 Å². The number of carbonyl (C=O) groups is 2. The first-order valence-electron chi connectivity index (χ1n) is 11.4. The topological polar surface area (TPSA) is 68.2 Å². The molecule has 1 heterocycles. The van der Waals surface area contributed by atoms with Crippen molar-refractivity contribution in [3.63, 3.8) is 0 Å². The van der Waals surface area contributed by atoms with Crippen molar-refractivity contribution in [2.45, 2.75) is 75.7 Å². The van der Waals surface area contributed by atoms with E-state index in [1.807, 2.05) is 0 Å². The molecule has 6 nitrogen and oxygen atoms in total. The summed E-state index contributed by atoms with van der Waals surface area (Å²) in [4.78, 5) is 31.3. The maximum Gasteiger partial charge on any atom is 0.418 e. The molecular weight excluding hydrogens is 478 g/mol. The zero-order chi connectivity index (χ0) is 25.5. The van der Waals surface area contributed by atoms with Gasteiger partial charge in [0.2, 0.25) is 0 Å². The number of benzene rings is 1. The third kappa shape index (κ3) is 5.71. The van der Waals surface area contributed by atoms with Gasteiger partial charge in [0, 0.05) is 26.2 Å². The Hall–Kier alpha value is -1.78. The molecule has 2 aliphatic rings. The van der Waals surface area contributed by atoms with Crippen LogP contribution in [0.5, 0.6) is 0 Å². The van der Waals surface area contributed by atoms with Crippen molar-refractivity contribution < 1.29 is 27.8 Å². The Bertz CT molecular complexity index is 994. The van der Waals surface area contributed by atoms with Gasteiger partial charge in [-0.25, -0.2) is 18.5 Å². The van der Waals surface area contributed by atoms with E-state index in [9.17, 15) is 18.4 Å². The zero-order valence-electron chi connectivity index (χ0n) is 20.9. The molecule has 0 bridgehead atoms. The molecule has 3 atom stereocenters. The summed E-state index contributed by atoms with van der Waals surface area (Å²) in [6.07, 6.45) is 0.597. The van der Waals surface area contributed by atoms with Gasteiger partial charge < -0.3 is 14.3 Å². The molecule has 0 saturated heterocycles. The Morgan fingerprint density at radius 3 is 2.59 bits per heavy atom. The Balaban J connectivity index is 1.99. The lowest BCUT2D eigenvalue weighted by Gasteiger charge is -2.36. The largest absolute Gasteiger partial charge is 0.443 e. The number of thioether (sulfide) groups is 1. The first-order chi connectivity index (χ1) is 15.6. The van der Waals surface area contributed by atoms with E-state index in [0.717, 1.165) is 30.2 Å². The number of aldehydes is 1. The van der Waals surface area contributed by atoms with Gasteiger partial charge in [-0.1, -0.05) is 43.5 Å². The summed E-state index contributed by atoms with van der Waals surface area (Å²) in [6.45, 7) is 14.0. The molecular formula is C24H34F2N2O4SSi. The third-order valence-corrected chi connectivity index (χ3v) is 9.12. The van der Waals surface area contributed by atoms with Crippen molar-refractivity contribution in [2.75, 3.05) is 13.3 Å². The predicted molar refractivity (Wildman–Crippen MR) is 133 cm³/mol. The van der Waals surface area contributed by atoms with Gasteiger partial charge in [0.15, 0.2) is 16.8 Å². The fourth-order valence-electron chi connectivity index (χ4n) is 3.97. The van der Waals surface area contributed by atoms with E-state index >= 15 is 0 Å². The number of aliphatic imine (C=N–C) groups is 1. The first kappa shape index (κ1) is 26.8. The summed E-state index contributed by atoms with van der Waals surface area (Å²) >= 11 is 1.16. The highest BCUT2D eigenvalue weighted by Gasteiger charge is 2.68. The van der Waals surface area contributed by atoms with Crippen LogP contribution in [-0.4, -0.2) is 54.2 Å². The lowest BCUT2D eigenvalue weighted by Crippen LogP contribution is -2.46. The number of nitrogens with zero attached hydrogens (tertiary/aromatic N) is 2. The molecule has 0 N–H and O–H groups in total. The van der Waals surface area contributed by atoms with Gasteiger partial charge in [-0.15, -0.1) is 0 Å². The Labute approximate surface area is 205 Å². The van der Waals surface area contributed by atoms with Crippen molar-refractivity contribution in [3.8, 4) is 0 Å². The number of halogens is 2. The SMILES string of the molecule is CC(C)(C)OC(=O)N(COCC[Si](C)(C)C)C1=N[C@](C)(c2cccc(F)c2F)[C@@H]2C[C@]2(C=O)S1. The van der Waals surface area contributed by atoms with Gasteiger partial charge in [-0.05, 0) is 46.2 Å². The highest BCUT2D eigenvalue weighted by molar-refractivity contribution is 8.15. The molecule has 1 amide bonds. The average molecular weight is 513 g/mol.